The lowest BCUT2D eigenvalue weighted by Gasteiger charge is -2.39. The molecule has 4 rings (SSSR count). The van der Waals surface area contributed by atoms with Crippen LogP contribution in [-0.4, -0.2) is 41.8 Å². The van der Waals surface area contributed by atoms with Crippen LogP contribution in [0.4, 0.5) is 0 Å². The standard InChI is InChI=1S/C25H23NO4/c1-16-20-15-26(23(28)19-12-8-5-9-13-19)25(24(29)30-3,21(20)17(2)22(16)27)14-18-10-6-4-7-11-18/h4-13,21H,2,14-15H2,1,3H3/t21-,25+/m0/s1. The zero-order valence-electron chi connectivity index (χ0n) is 17.1. The van der Waals surface area contributed by atoms with Crippen molar-refractivity contribution in [3.05, 3.63) is 95.1 Å². The molecule has 1 saturated heterocycles. The van der Waals surface area contributed by atoms with Crippen molar-refractivity contribution in [3.63, 3.8) is 0 Å². The zero-order chi connectivity index (χ0) is 21.5. The maximum atomic E-state index is 13.6. The van der Waals surface area contributed by atoms with Crippen molar-refractivity contribution in [1.29, 1.82) is 0 Å². The molecule has 1 heterocycles. The number of Topliss-reactive ketones (excluding diaryl/α,β-unsaturated/α-hetero) is 1. The zero-order valence-corrected chi connectivity index (χ0v) is 17.1. The third-order valence-corrected chi connectivity index (χ3v) is 6.22. The number of nitrogens with zero attached hydrogens (tertiary/aromatic N) is 1. The number of ether oxygens (including phenoxy) is 1. The summed E-state index contributed by atoms with van der Waals surface area (Å²) in [4.78, 5) is 41.3. The first-order valence-electron chi connectivity index (χ1n) is 9.84. The smallest absolute Gasteiger partial charge is 0.333 e. The van der Waals surface area contributed by atoms with Gasteiger partial charge in [-0.1, -0.05) is 55.1 Å². The number of carbonyl (C=O) groups excluding carboxylic acids is 3. The Balaban J connectivity index is 1.93. The molecule has 2 atom stereocenters. The van der Waals surface area contributed by atoms with Gasteiger partial charge in [-0.3, -0.25) is 9.59 Å². The highest BCUT2D eigenvalue weighted by molar-refractivity contribution is 6.14. The van der Waals surface area contributed by atoms with E-state index in [4.69, 9.17) is 4.74 Å². The van der Waals surface area contributed by atoms with Crippen LogP contribution in [0.15, 0.2) is 84.0 Å². The van der Waals surface area contributed by atoms with Gasteiger partial charge < -0.3 is 9.64 Å². The van der Waals surface area contributed by atoms with E-state index < -0.39 is 17.4 Å². The van der Waals surface area contributed by atoms with Crippen LogP contribution in [0.3, 0.4) is 0 Å². The second-order valence-electron chi connectivity index (χ2n) is 7.77. The third-order valence-electron chi connectivity index (χ3n) is 6.22. The Morgan fingerprint density at radius 1 is 1.10 bits per heavy atom. The highest BCUT2D eigenvalue weighted by Crippen LogP contribution is 2.51. The van der Waals surface area contributed by atoms with Crippen molar-refractivity contribution in [2.75, 3.05) is 13.7 Å². The topological polar surface area (TPSA) is 63.7 Å². The molecule has 0 saturated carbocycles. The molecule has 0 aromatic heterocycles. The monoisotopic (exact) mass is 401 g/mol. The first-order chi connectivity index (χ1) is 14.4. The Kier molecular flexibility index (Phi) is 4.90. The third kappa shape index (κ3) is 2.81. The predicted octanol–water partition coefficient (Wildman–Crippen LogP) is 3.37. The molecule has 1 amide bonds. The van der Waals surface area contributed by atoms with Crippen molar-refractivity contribution in [3.8, 4) is 0 Å². The summed E-state index contributed by atoms with van der Waals surface area (Å²) in [6, 6.07) is 18.3. The number of esters is 1. The minimum Gasteiger partial charge on any atom is -0.467 e. The van der Waals surface area contributed by atoms with E-state index >= 15 is 0 Å². The fourth-order valence-electron chi connectivity index (χ4n) is 4.77. The van der Waals surface area contributed by atoms with Crippen molar-refractivity contribution >= 4 is 17.7 Å². The number of amides is 1. The summed E-state index contributed by atoms with van der Waals surface area (Å²) >= 11 is 0. The summed E-state index contributed by atoms with van der Waals surface area (Å²) in [6.45, 7) is 5.94. The summed E-state index contributed by atoms with van der Waals surface area (Å²) in [7, 11) is 1.31. The molecule has 0 N–H and O–H groups in total. The molecule has 0 unspecified atom stereocenters. The van der Waals surface area contributed by atoms with Crippen LogP contribution in [0, 0.1) is 5.92 Å². The molecular weight excluding hydrogens is 378 g/mol. The summed E-state index contributed by atoms with van der Waals surface area (Å²) in [5, 5.41) is 0. The van der Waals surface area contributed by atoms with Gasteiger partial charge in [0, 0.05) is 30.0 Å². The molecule has 30 heavy (non-hydrogen) atoms. The number of allylic oxidation sites excluding steroid dienone is 1. The lowest BCUT2D eigenvalue weighted by atomic mass is 9.76. The van der Waals surface area contributed by atoms with Gasteiger partial charge in [-0.05, 0) is 35.8 Å². The summed E-state index contributed by atoms with van der Waals surface area (Å²) in [5.74, 6) is -1.56. The lowest BCUT2D eigenvalue weighted by Crippen LogP contribution is -2.59. The van der Waals surface area contributed by atoms with E-state index in [2.05, 4.69) is 6.58 Å². The minimum atomic E-state index is -1.37. The molecule has 2 aliphatic rings. The summed E-state index contributed by atoms with van der Waals surface area (Å²) < 4.78 is 5.25. The van der Waals surface area contributed by atoms with E-state index in [1.165, 1.54) is 7.11 Å². The normalized spacial score (nSPS) is 23.0. The van der Waals surface area contributed by atoms with Crippen molar-refractivity contribution in [2.45, 2.75) is 18.9 Å². The SMILES string of the molecule is C=C1C(=O)C(C)=C2CN(C(=O)c3ccccc3)[C@@](Cc3ccccc3)(C(=O)OC)[C@@H]12. The molecule has 2 aromatic rings. The number of hydrogen-bond acceptors (Lipinski definition) is 4. The van der Waals surface area contributed by atoms with Crippen LogP contribution in [0.5, 0.6) is 0 Å². The van der Waals surface area contributed by atoms with Gasteiger partial charge in [-0.15, -0.1) is 0 Å². The van der Waals surface area contributed by atoms with Crippen LogP contribution in [0.1, 0.15) is 22.8 Å². The number of fused-ring (bicyclic) bond motifs is 1. The summed E-state index contributed by atoms with van der Waals surface area (Å²) in [6.07, 6.45) is 0.229. The van der Waals surface area contributed by atoms with Gasteiger partial charge in [0.1, 0.15) is 0 Å². The van der Waals surface area contributed by atoms with Crippen LogP contribution in [-0.2, 0) is 20.7 Å². The van der Waals surface area contributed by atoms with Crippen LogP contribution >= 0.6 is 0 Å². The van der Waals surface area contributed by atoms with Gasteiger partial charge in [0.05, 0.1) is 7.11 Å². The number of likely N-dealkylation sites (tertiary alicyclic amines) is 1. The van der Waals surface area contributed by atoms with Crippen LogP contribution in [0.2, 0.25) is 0 Å². The van der Waals surface area contributed by atoms with Crippen molar-refractivity contribution in [2.24, 2.45) is 5.92 Å². The maximum Gasteiger partial charge on any atom is 0.333 e. The summed E-state index contributed by atoms with van der Waals surface area (Å²) in [5.41, 5.74) is 1.66. The Hall–Kier alpha value is -3.47. The molecule has 5 nitrogen and oxygen atoms in total. The molecule has 0 radical (unpaired) electrons. The van der Waals surface area contributed by atoms with Gasteiger partial charge >= 0.3 is 5.97 Å². The van der Waals surface area contributed by atoms with Crippen molar-refractivity contribution in [1.82, 2.24) is 4.90 Å². The molecule has 5 heteroatoms. The molecule has 0 spiro atoms. The number of ketones is 1. The van der Waals surface area contributed by atoms with Crippen molar-refractivity contribution < 1.29 is 19.1 Å². The minimum absolute atomic E-state index is 0.150. The fourth-order valence-corrected chi connectivity index (χ4v) is 4.77. The first-order valence-corrected chi connectivity index (χ1v) is 9.84. The van der Waals surface area contributed by atoms with Gasteiger partial charge in [0.15, 0.2) is 11.3 Å². The molecule has 1 aliphatic heterocycles. The van der Waals surface area contributed by atoms with E-state index in [0.717, 1.165) is 11.1 Å². The highest BCUT2D eigenvalue weighted by atomic mass is 16.5. The van der Waals surface area contributed by atoms with E-state index in [1.807, 2.05) is 36.4 Å². The van der Waals surface area contributed by atoms with E-state index in [0.29, 0.717) is 16.7 Å². The first kappa shape index (κ1) is 19.8. The van der Waals surface area contributed by atoms with Gasteiger partial charge in [-0.2, -0.15) is 0 Å². The number of hydrogen-bond donors (Lipinski definition) is 0. The maximum absolute atomic E-state index is 13.6. The lowest BCUT2D eigenvalue weighted by molar-refractivity contribution is -0.153. The average Bonchev–Trinajstić information content (AvgIpc) is 3.23. The second kappa shape index (κ2) is 7.41. The second-order valence-corrected chi connectivity index (χ2v) is 7.77. The van der Waals surface area contributed by atoms with Crippen LogP contribution < -0.4 is 0 Å². The van der Waals surface area contributed by atoms with Gasteiger partial charge in [0.25, 0.3) is 5.91 Å². The predicted molar refractivity (Wildman–Crippen MR) is 113 cm³/mol. The number of methoxy groups -OCH3 is 1. The largest absolute Gasteiger partial charge is 0.467 e. The Labute approximate surface area is 175 Å². The molecular formula is C25H23NO4. The Morgan fingerprint density at radius 2 is 1.70 bits per heavy atom. The van der Waals surface area contributed by atoms with E-state index in [1.54, 1.807) is 36.1 Å². The molecule has 1 aliphatic carbocycles. The number of carbonyl (C=O) groups is 3. The Morgan fingerprint density at radius 3 is 2.30 bits per heavy atom. The fraction of sp³-hybridized carbons (Fsp3) is 0.240. The van der Waals surface area contributed by atoms with E-state index in [-0.39, 0.29) is 24.7 Å². The average molecular weight is 401 g/mol. The molecule has 1 fully saturated rings. The Bertz CT molecular complexity index is 1070. The van der Waals surface area contributed by atoms with E-state index in [9.17, 15) is 14.4 Å². The van der Waals surface area contributed by atoms with Gasteiger partial charge in [0.2, 0.25) is 0 Å². The number of rotatable bonds is 4. The molecule has 0 bridgehead atoms. The van der Waals surface area contributed by atoms with Gasteiger partial charge in [-0.25, -0.2) is 4.79 Å². The van der Waals surface area contributed by atoms with Crippen LogP contribution in [0.25, 0.3) is 0 Å². The molecule has 2 aromatic carbocycles. The highest BCUT2D eigenvalue weighted by Gasteiger charge is 2.63. The molecule has 152 valence electrons. The number of benzene rings is 2. The quantitative estimate of drug-likeness (QED) is 0.582.